The second kappa shape index (κ2) is 6.52. The van der Waals surface area contributed by atoms with Gasteiger partial charge in [0.1, 0.15) is 0 Å². The van der Waals surface area contributed by atoms with E-state index < -0.39 is 5.97 Å². The first kappa shape index (κ1) is 15.9. The summed E-state index contributed by atoms with van der Waals surface area (Å²) in [4.78, 5) is 22.5. The van der Waals surface area contributed by atoms with E-state index in [1.165, 1.54) is 0 Å². The molecule has 5 heteroatoms. The van der Waals surface area contributed by atoms with Gasteiger partial charge in [-0.3, -0.25) is 9.59 Å². The van der Waals surface area contributed by atoms with Crippen LogP contribution in [0.4, 0.5) is 5.69 Å². The van der Waals surface area contributed by atoms with E-state index in [4.69, 9.17) is 5.11 Å². The summed E-state index contributed by atoms with van der Waals surface area (Å²) in [7, 11) is 0. The molecule has 0 radical (unpaired) electrons. The summed E-state index contributed by atoms with van der Waals surface area (Å²) in [5.74, 6) is 0.797. The standard InChI is InChI=1S/C16H21NO3S/c1-16(2)9-13(16)15(20)17-12-5-3-4-11(8-12)10-21-7-6-14(18)19/h3-5,8,13H,6-7,9-10H2,1-2H3,(H,17,20)(H,18,19)/t13-/m1/s1. The van der Waals surface area contributed by atoms with Gasteiger partial charge in [0.25, 0.3) is 0 Å². The highest BCUT2D eigenvalue weighted by atomic mass is 32.2. The van der Waals surface area contributed by atoms with Crippen LogP contribution in [0.25, 0.3) is 0 Å². The summed E-state index contributed by atoms with van der Waals surface area (Å²) in [6.07, 6.45) is 1.13. The number of anilines is 1. The number of thioether (sulfide) groups is 1. The summed E-state index contributed by atoms with van der Waals surface area (Å²) in [6, 6.07) is 7.75. The quantitative estimate of drug-likeness (QED) is 0.758. The van der Waals surface area contributed by atoms with Crippen LogP contribution in [0.1, 0.15) is 32.3 Å². The van der Waals surface area contributed by atoms with Crippen LogP contribution in [-0.2, 0) is 15.3 Å². The Hall–Kier alpha value is -1.49. The van der Waals surface area contributed by atoms with Crippen molar-refractivity contribution in [3.8, 4) is 0 Å². The zero-order chi connectivity index (χ0) is 15.5. The largest absolute Gasteiger partial charge is 0.481 e. The zero-order valence-corrected chi connectivity index (χ0v) is 13.2. The number of aliphatic carboxylic acids is 1. The molecule has 0 saturated heterocycles. The second-order valence-corrected chi connectivity index (χ2v) is 7.24. The number of carbonyl (C=O) groups excluding carboxylic acids is 1. The Labute approximate surface area is 129 Å². The molecule has 1 saturated carbocycles. The third-order valence-electron chi connectivity index (χ3n) is 3.75. The number of hydrogen-bond donors (Lipinski definition) is 2. The smallest absolute Gasteiger partial charge is 0.304 e. The van der Waals surface area contributed by atoms with Gasteiger partial charge in [0.15, 0.2) is 0 Å². The van der Waals surface area contributed by atoms with Gasteiger partial charge in [0.2, 0.25) is 5.91 Å². The molecule has 0 bridgehead atoms. The maximum atomic E-state index is 12.1. The van der Waals surface area contributed by atoms with E-state index in [1.807, 2.05) is 24.3 Å². The Bertz CT molecular complexity index is 542. The first-order valence-electron chi connectivity index (χ1n) is 7.08. The van der Waals surface area contributed by atoms with Crippen molar-refractivity contribution >= 4 is 29.3 Å². The number of nitrogens with one attached hydrogen (secondary N) is 1. The minimum absolute atomic E-state index is 0.0932. The minimum Gasteiger partial charge on any atom is -0.481 e. The van der Waals surface area contributed by atoms with E-state index in [1.54, 1.807) is 11.8 Å². The van der Waals surface area contributed by atoms with Crippen molar-refractivity contribution in [3.63, 3.8) is 0 Å². The highest BCUT2D eigenvalue weighted by Crippen LogP contribution is 2.51. The molecule has 4 nitrogen and oxygen atoms in total. The van der Waals surface area contributed by atoms with Crippen molar-refractivity contribution < 1.29 is 14.7 Å². The zero-order valence-electron chi connectivity index (χ0n) is 12.4. The number of carbonyl (C=O) groups is 2. The number of carboxylic acid groups (broad SMARTS) is 1. The van der Waals surface area contributed by atoms with Crippen LogP contribution in [0.15, 0.2) is 24.3 Å². The van der Waals surface area contributed by atoms with E-state index in [9.17, 15) is 9.59 Å². The highest BCUT2D eigenvalue weighted by Gasteiger charge is 2.50. The van der Waals surface area contributed by atoms with E-state index in [0.717, 1.165) is 23.4 Å². The van der Waals surface area contributed by atoms with Gasteiger partial charge >= 0.3 is 5.97 Å². The van der Waals surface area contributed by atoms with E-state index in [2.05, 4.69) is 19.2 Å². The summed E-state index contributed by atoms with van der Waals surface area (Å²) in [5.41, 5.74) is 2.05. The van der Waals surface area contributed by atoms with Gasteiger partial charge < -0.3 is 10.4 Å². The fraction of sp³-hybridized carbons (Fsp3) is 0.500. The lowest BCUT2D eigenvalue weighted by molar-refractivity contribution is -0.136. The van der Waals surface area contributed by atoms with Crippen LogP contribution in [0.2, 0.25) is 0 Å². The maximum absolute atomic E-state index is 12.1. The number of benzene rings is 1. The van der Waals surface area contributed by atoms with Crippen molar-refractivity contribution in [1.29, 1.82) is 0 Å². The number of rotatable bonds is 7. The molecule has 1 aliphatic carbocycles. The van der Waals surface area contributed by atoms with Gasteiger partial charge in [0.05, 0.1) is 6.42 Å². The molecule has 1 atom stereocenters. The molecule has 1 aromatic rings. The first-order valence-corrected chi connectivity index (χ1v) is 8.23. The van der Waals surface area contributed by atoms with Crippen LogP contribution >= 0.6 is 11.8 Å². The van der Waals surface area contributed by atoms with Gasteiger partial charge in [-0.05, 0) is 29.5 Å². The molecule has 0 spiro atoms. The van der Waals surface area contributed by atoms with E-state index in [0.29, 0.717) is 5.75 Å². The molecule has 0 unspecified atom stereocenters. The van der Waals surface area contributed by atoms with Crippen LogP contribution < -0.4 is 5.32 Å². The Balaban J connectivity index is 1.83. The molecular weight excluding hydrogens is 286 g/mol. The molecule has 2 N–H and O–H groups in total. The Morgan fingerprint density at radius 3 is 2.76 bits per heavy atom. The lowest BCUT2D eigenvalue weighted by atomic mass is 10.1. The van der Waals surface area contributed by atoms with Crippen molar-refractivity contribution in [3.05, 3.63) is 29.8 Å². The van der Waals surface area contributed by atoms with Crippen LogP contribution in [-0.4, -0.2) is 22.7 Å². The van der Waals surface area contributed by atoms with Gasteiger partial charge in [-0.15, -0.1) is 0 Å². The van der Waals surface area contributed by atoms with Crippen molar-refractivity contribution in [2.45, 2.75) is 32.4 Å². The Morgan fingerprint density at radius 2 is 2.14 bits per heavy atom. The first-order chi connectivity index (χ1) is 9.88. The normalized spacial score (nSPS) is 19.0. The van der Waals surface area contributed by atoms with E-state index >= 15 is 0 Å². The third-order valence-corrected chi connectivity index (χ3v) is 4.78. The molecule has 0 aromatic heterocycles. The number of hydrogen-bond acceptors (Lipinski definition) is 3. The van der Waals surface area contributed by atoms with Gasteiger partial charge in [0, 0.05) is 23.1 Å². The monoisotopic (exact) mass is 307 g/mol. The summed E-state index contributed by atoms with van der Waals surface area (Å²) in [5, 5.41) is 11.6. The molecule has 114 valence electrons. The van der Waals surface area contributed by atoms with Crippen molar-refractivity contribution in [1.82, 2.24) is 0 Å². The Morgan fingerprint density at radius 1 is 1.43 bits per heavy atom. The average Bonchev–Trinajstić information content (AvgIpc) is 3.04. The summed E-state index contributed by atoms with van der Waals surface area (Å²) < 4.78 is 0. The molecular formula is C16H21NO3S. The molecule has 1 amide bonds. The maximum Gasteiger partial charge on any atom is 0.304 e. The lowest BCUT2D eigenvalue weighted by Crippen LogP contribution is -2.16. The predicted molar refractivity (Wildman–Crippen MR) is 85.4 cm³/mol. The molecule has 2 rings (SSSR count). The van der Waals surface area contributed by atoms with Crippen molar-refractivity contribution in [2.75, 3.05) is 11.1 Å². The highest BCUT2D eigenvalue weighted by molar-refractivity contribution is 7.98. The fourth-order valence-corrected chi connectivity index (χ4v) is 3.11. The fourth-order valence-electron chi connectivity index (χ4n) is 2.23. The number of carboxylic acids is 1. The van der Waals surface area contributed by atoms with Crippen molar-refractivity contribution in [2.24, 2.45) is 11.3 Å². The predicted octanol–water partition coefficient (Wildman–Crippen LogP) is 3.38. The molecule has 0 heterocycles. The van der Waals surface area contributed by atoms with Crippen LogP contribution in [0, 0.1) is 11.3 Å². The molecule has 0 aliphatic heterocycles. The van der Waals surface area contributed by atoms with Gasteiger partial charge in [-0.1, -0.05) is 26.0 Å². The average molecular weight is 307 g/mol. The molecule has 1 aromatic carbocycles. The molecule has 1 fully saturated rings. The molecule has 1 aliphatic rings. The van der Waals surface area contributed by atoms with Crippen LogP contribution in [0.3, 0.4) is 0 Å². The second-order valence-electron chi connectivity index (χ2n) is 6.13. The summed E-state index contributed by atoms with van der Waals surface area (Å²) >= 11 is 1.59. The van der Waals surface area contributed by atoms with Crippen LogP contribution in [0.5, 0.6) is 0 Å². The topological polar surface area (TPSA) is 66.4 Å². The SMILES string of the molecule is CC1(C)C[C@@H]1C(=O)Nc1cccc(CSCCC(=O)O)c1. The minimum atomic E-state index is -0.768. The summed E-state index contributed by atoms with van der Waals surface area (Å²) in [6.45, 7) is 4.21. The third kappa shape index (κ3) is 4.77. The Kier molecular flexibility index (Phi) is 4.93. The number of amides is 1. The van der Waals surface area contributed by atoms with E-state index in [-0.39, 0.29) is 23.7 Å². The van der Waals surface area contributed by atoms with Gasteiger partial charge in [-0.25, -0.2) is 0 Å². The lowest BCUT2D eigenvalue weighted by Gasteiger charge is -2.08. The van der Waals surface area contributed by atoms with Gasteiger partial charge in [-0.2, -0.15) is 11.8 Å². The molecule has 21 heavy (non-hydrogen) atoms.